The van der Waals surface area contributed by atoms with Crippen LogP contribution in [-0.2, 0) is 0 Å². The van der Waals surface area contributed by atoms with Gasteiger partial charge < -0.3 is 13.9 Å². The summed E-state index contributed by atoms with van der Waals surface area (Å²) in [6, 6.07) is 15.1. The van der Waals surface area contributed by atoms with Crippen LogP contribution in [0.3, 0.4) is 0 Å². The van der Waals surface area contributed by atoms with Crippen molar-refractivity contribution in [3.05, 3.63) is 65.6 Å². The summed E-state index contributed by atoms with van der Waals surface area (Å²) in [7, 11) is 0. The van der Waals surface area contributed by atoms with Gasteiger partial charge in [-0.1, -0.05) is 30.3 Å². The quantitative estimate of drug-likeness (QED) is 0.640. The summed E-state index contributed by atoms with van der Waals surface area (Å²) < 4.78 is 17.0. The van der Waals surface area contributed by atoms with Crippen molar-refractivity contribution in [1.82, 2.24) is 0 Å². The average Bonchev–Trinajstić information content (AvgIpc) is 2.82. The first-order valence-electron chi connectivity index (χ1n) is 6.14. The van der Waals surface area contributed by atoms with Gasteiger partial charge in [0.2, 0.25) is 5.22 Å². The van der Waals surface area contributed by atoms with Crippen molar-refractivity contribution >= 4 is 28.3 Å². The van der Waals surface area contributed by atoms with Gasteiger partial charge in [0.1, 0.15) is 11.8 Å². The largest absolute Gasteiger partial charge is 0.457 e. The molecule has 3 aromatic rings. The van der Waals surface area contributed by atoms with Crippen molar-refractivity contribution in [2.75, 3.05) is 0 Å². The molecule has 1 aliphatic heterocycles. The minimum Gasteiger partial charge on any atom is -0.457 e. The summed E-state index contributed by atoms with van der Waals surface area (Å²) in [6.07, 6.45) is 1.55. The molecule has 0 radical (unpaired) electrons. The molecule has 3 nitrogen and oxygen atoms in total. The number of ether oxygens (including phenoxy) is 2. The van der Waals surface area contributed by atoms with Crippen molar-refractivity contribution in [2.24, 2.45) is 0 Å². The second-order valence-corrected chi connectivity index (χ2v) is 4.74. The summed E-state index contributed by atoms with van der Waals surface area (Å²) in [4.78, 5) is 0. The number of fused-ring (bicyclic) bond motifs is 2. The molecule has 0 bridgehead atoms. The molecule has 0 unspecified atom stereocenters. The van der Waals surface area contributed by atoms with Gasteiger partial charge in [-0.25, -0.2) is 0 Å². The van der Waals surface area contributed by atoms with E-state index in [1.54, 1.807) is 6.26 Å². The van der Waals surface area contributed by atoms with Crippen LogP contribution in [0.15, 0.2) is 59.2 Å². The standard InChI is InChI=1S/C16H9ClO3/c17-16-15(10-5-1-2-6-11(10)20-16)14-9-18-12-7-3-4-8-13(12)19-14/h1-9H. The maximum absolute atomic E-state index is 6.19. The van der Waals surface area contributed by atoms with Gasteiger partial charge in [-0.05, 0) is 29.8 Å². The van der Waals surface area contributed by atoms with Crippen LogP contribution in [0.1, 0.15) is 5.56 Å². The van der Waals surface area contributed by atoms with Crippen LogP contribution in [0.25, 0.3) is 16.7 Å². The monoisotopic (exact) mass is 284 g/mol. The van der Waals surface area contributed by atoms with E-state index in [-0.39, 0.29) is 0 Å². The van der Waals surface area contributed by atoms with Crippen LogP contribution in [0, 0.1) is 0 Å². The average molecular weight is 285 g/mol. The number of rotatable bonds is 1. The fraction of sp³-hybridized carbons (Fsp3) is 0. The lowest BCUT2D eigenvalue weighted by atomic mass is 10.1. The Morgan fingerprint density at radius 3 is 2.50 bits per heavy atom. The Kier molecular flexibility index (Phi) is 2.47. The van der Waals surface area contributed by atoms with E-state index < -0.39 is 0 Å². The molecule has 0 saturated heterocycles. The first-order valence-corrected chi connectivity index (χ1v) is 6.52. The zero-order chi connectivity index (χ0) is 13.5. The van der Waals surface area contributed by atoms with Crippen LogP contribution >= 0.6 is 11.6 Å². The number of halogens is 1. The van der Waals surface area contributed by atoms with E-state index in [0.717, 1.165) is 11.0 Å². The van der Waals surface area contributed by atoms with Crippen LogP contribution in [0.5, 0.6) is 11.5 Å². The third kappa shape index (κ3) is 1.67. The fourth-order valence-corrected chi connectivity index (χ4v) is 2.52. The van der Waals surface area contributed by atoms with Gasteiger partial charge in [0.05, 0.1) is 5.56 Å². The highest BCUT2D eigenvalue weighted by Gasteiger charge is 2.22. The summed E-state index contributed by atoms with van der Waals surface area (Å²) in [5, 5.41) is 1.19. The molecule has 1 aliphatic rings. The zero-order valence-electron chi connectivity index (χ0n) is 10.3. The van der Waals surface area contributed by atoms with Crippen molar-refractivity contribution < 1.29 is 13.9 Å². The van der Waals surface area contributed by atoms with Gasteiger partial charge in [-0.2, -0.15) is 0 Å². The minimum atomic E-state index is 0.292. The maximum atomic E-state index is 6.19. The van der Waals surface area contributed by atoms with Crippen LogP contribution < -0.4 is 9.47 Å². The lowest BCUT2D eigenvalue weighted by molar-refractivity contribution is 0.383. The third-order valence-corrected chi connectivity index (χ3v) is 3.43. The highest BCUT2D eigenvalue weighted by atomic mass is 35.5. The number of hydrogen-bond acceptors (Lipinski definition) is 3. The van der Waals surface area contributed by atoms with E-state index in [0.29, 0.717) is 28.0 Å². The lowest BCUT2D eigenvalue weighted by Gasteiger charge is -2.17. The minimum absolute atomic E-state index is 0.292. The number of furan rings is 1. The smallest absolute Gasteiger partial charge is 0.205 e. The Bertz CT molecular complexity index is 833. The third-order valence-electron chi connectivity index (χ3n) is 3.16. The summed E-state index contributed by atoms with van der Waals surface area (Å²) in [6.45, 7) is 0. The number of benzene rings is 2. The summed E-state index contributed by atoms with van der Waals surface area (Å²) in [5.74, 6) is 1.88. The number of hydrogen-bond donors (Lipinski definition) is 0. The van der Waals surface area contributed by atoms with Crippen molar-refractivity contribution in [3.63, 3.8) is 0 Å². The van der Waals surface area contributed by atoms with Crippen LogP contribution in [0.2, 0.25) is 5.22 Å². The Hall–Kier alpha value is -2.39. The van der Waals surface area contributed by atoms with Crippen LogP contribution in [0.4, 0.5) is 0 Å². The summed E-state index contributed by atoms with van der Waals surface area (Å²) in [5.41, 5.74) is 1.42. The Balaban J connectivity index is 1.85. The molecule has 1 aromatic heterocycles. The maximum Gasteiger partial charge on any atom is 0.205 e. The molecule has 0 spiro atoms. The summed E-state index contributed by atoms with van der Waals surface area (Å²) >= 11 is 6.19. The van der Waals surface area contributed by atoms with Crippen LogP contribution in [-0.4, -0.2) is 0 Å². The van der Waals surface area contributed by atoms with Gasteiger partial charge in [-0.15, -0.1) is 0 Å². The van der Waals surface area contributed by atoms with E-state index >= 15 is 0 Å². The molecule has 0 aliphatic carbocycles. The first-order chi connectivity index (χ1) is 9.83. The molecule has 0 atom stereocenters. The molecule has 2 heterocycles. The molecule has 4 rings (SSSR count). The van der Waals surface area contributed by atoms with Gasteiger partial charge in [0, 0.05) is 5.39 Å². The Morgan fingerprint density at radius 2 is 1.60 bits per heavy atom. The van der Waals surface area contributed by atoms with Gasteiger partial charge >= 0.3 is 0 Å². The zero-order valence-corrected chi connectivity index (χ0v) is 11.1. The van der Waals surface area contributed by atoms with Crippen molar-refractivity contribution in [2.45, 2.75) is 0 Å². The SMILES string of the molecule is Clc1oc2ccccc2c1C1=COc2ccccc2O1. The van der Waals surface area contributed by atoms with E-state index in [1.165, 1.54) is 0 Å². The van der Waals surface area contributed by atoms with Gasteiger partial charge in [0.15, 0.2) is 17.3 Å². The molecule has 2 aromatic carbocycles. The molecule has 20 heavy (non-hydrogen) atoms. The highest BCUT2D eigenvalue weighted by molar-refractivity contribution is 6.32. The van der Waals surface area contributed by atoms with E-state index in [4.69, 9.17) is 25.5 Å². The van der Waals surface area contributed by atoms with E-state index in [2.05, 4.69) is 0 Å². The molecule has 98 valence electrons. The van der Waals surface area contributed by atoms with Gasteiger partial charge in [0.25, 0.3) is 0 Å². The van der Waals surface area contributed by atoms with Gasteiger partial charge in [-0.3, -0.25) is 0 Å². The second-order valence-electron chi connectivity index (χ2n) is 4.40. The van der Waals surface area contributed by atoms with Crippen molar-refractivity contribution in [1.29, 1.82) is 0 Å². The van der Waals surface area contributed by atoms with E-state index in [1.807, 2.05) is 48.5 Å². The van der Waals surface area contributed by atoms with E-state index in [9.17, 15) is 0 Å². The Labute approximate surface area is 120 Å². The van der Waals surface area contributed by atoms with Crippen molar-refractivity contribution in [3.8, 4) is 11.5 Å². The molecule has 0 fully saturated rings. The molecular weight excluding hydrogens is 276 g/mol. The number of para-hydroxylation sites is 3. The normalized spacial score (nSPS) is 13.3. The predicted octanol–water partition coefficient (Wildman–Crippen LogP) is 4.86. The molecule has 0 N–H and O–H groups in total. The fourth-order valence-electron chi connectivity index (χ4n) is 2.25. The molecular formula is C16H9ClO3. The molecule has 0 saturated carbocycles. The predicted molar refractivity (Wildman–Crippen MR) is 76.9 cm³/mol. The molecule has 4 heteroatoms. The topological polar surface area (TPSA) is 31.6 Å². The first kappa shape index (κ1) is 11.4. The Morgan fingerprint density at radius 1 is 0.850 bits per heavy atom. The second kappa shape index (κ2) is 4.32. The lowest BCUT2D eigenvalue weighted by Crippen LogP contribution is -2.03. The molecule has 0 amide bonds. The highest BCUT2D eigenvalue weighted by Crippen LogP contribution is 2.40.